The lowest BCUT2D eigenvalue weighted by Crippen LogP contribution is -2.05. The predicted octanol–water partition coefficient (Wildman–Crippen LogP) is 3.35. The number of aryl methyl sites for hydroxylation is 1. The number of pyridine rings is 1. The first-order valence-electron chi connectivity index (χ1n) is 6.11. The summed E-state index contributed by atoms with van der Waals surface area (Å²) in [7, 11) is 0. The maximum atomic E-state index is 8.86. The van der Waals surface area contributed by atoms with Crippen LogP contribution in [0, 0.1) is 6.92 Å². The first-order chi connectivity index (χ1) is 8.26. The van der Waals surface area contributed by atoms with Gasteiger partial charge in [0, 0.05) is 12.4 Å². The molecule has 1 aromatic rings. The van der Waals surface area contributed by atoms with Gasteiger partial charge in [0.25, 0.3) is 0 Å². The fraction of sp³-hybridized carbons (Fsp3) is 0.429. The van der Waals surface area contributed by atoms with E-state index < -0.39 is 0 Å². The third kappa shape index (κ3) is 2.38. The van der Waals surface area contributed by atoms with Crippen LogP contribution in [0.2, 0.25) is 0 Å². The molecule has 3 nitrogen and oxygen atoms in total. The van der Waals surface area contributed by atoms with Crippen LogP contribution in [-0.2, 0) is 6.42 Å². The van der Waals surface area contributed by atoms with Gasteiger partial charge in [0.05, 0.1) is 5.71 Å². The number of allylic oxidation sites excluding steroid dienone is 2. The highest BCUT2D eigenvalue weighted by Gasteiger charge is 2.14. The minimum absolute atomic E-state index is 0.773. The van der Waals surface area contributed by atoms with Gasteiger partial charge in [-0.1, -0.05) is 12.1 Å². The number of hydrogen-bond acceptors (Lipinski definition) is 3. The summed E-state index contributed by atoms with van der Waals surface area (Å²) in [5.74, 6) is 0. The molecule has 0 unspecified atom stereocenters. The van der Waals surface area contributed by atoms with Gasteiger partial charge in [0.1, 0.15) is 0 Å². The average molecular weight is 230 g/mol. The number of rotatable bonds is 2. The van der Waals surface area contributed by atoms with E-state index in [1.165, 1.54) is 22.3 Å². The molecule has 1 N–H and O–H groups in total. The van der Waals surface area contributed by atoms with Gasteiger partial charge in [-0.15, -0.1) is 0 Å². The average Bonchev–Trinajstić information content (AvgIpc) is 2.38. The van der Waals surface area contributed by atoms with Gasteiger partial charge < -0.3 is 5.21 Å². The van der Waals surface area contributed by atoms with Crippen LogP contribution >= 0.6 is 0 Å². The first kappa shape index (κ1) is 11.8. The van der Waals surface area contributed by atoms with Gasteiger partial charge >= 0.3 is 0 Å². The van der Waals surface area contributed by atoms with Crippen LogP contribution in [0.5, 0.6) is 0 Å². The van der Waals surface area contributed by atoms with Crippen molar-refractivity contribution >= 4 is 11.3 Å². The summed E-state index contributed by atoms with van der Waals surface area (Å²) in [6, 6.07) is 0. The molecule has 0 atom stereocenters. The zero-order valence-corrected chi connectivity index (χ0v) is 10.4. The summed E-state index contributed by atoms with van der Waals surface area (Å²) >= 11 is 0. The standard InChI is InChI=1S/C14H18N2O/c1-3-13-10(2)8-15-9-14(13)11-5-4-6-12(7-11)16-17/h7-9,17H,3-6H2,1-2H3/b16-12+. The molecule has 0 fully saturated rings. The summed E-state index contributed by atoms with van der Waals surface area (Å²) in [5, 5.41) is 12.2. The van der Waals surface area contributed by atoms with Crippen LogP contribution in [0.15, 0.2) is 23.6 Å². The van der Waals surface area contributed by atoms with E-state index in [1.807, 2.05) is 18.5 Å². The summed E-state index contributed by atoms with van der Waals surface area (Å²) in [6.45, 7) is 4.26. The molecule has 0 saturated carbocycles. The Morgan fingerprint density at radius 1 is 1.35 bits per heavy atom. The van der Waals surface area contributed by atoms with Crippen LogP contribution in [0.25, 0.3) is 5.57 Å². The molecular weight excluding hydrogens is 212 g/mol. The molecule has 2 rings (SSSR count). The van der Waals surface area contributed by atoms with Crippen LogP contribution < -0.4 is 0 Å². The van der Waals surface area contributed by atoms with E-state index in [9.17, 15) is 0 Å². The Labute approximate surface area is 102 Å². The molecule has 0 aromatic carbocycles. The van der Waals surface area contributed by atoms with E-state index >= 15 is 0 Å². The number of hydrogen-bond donors (Lipinski definition) is 1. The lowest BCUT2D eigenvalue weighted by Gasteiger charge is -2.17. The number of oxime groups is 1. The smallest absolute Gasteiger partial charge is 0.0798 e. The highest BCUT2D eigenvalue weighted by atomic mass is 16.4. The molecule has 0 bridgehead atoms. The van der Waals surface area contributed by atoms with Gasteiger partial charge in [0.15, 0.2) is 0 Å². The minimum atomic E-state index is 0.773. The molecule has 0 amide bonds. The molecule has 0 aliphatic heterocycles. The highest BCUT2D eigenvalue weighted by molar-refractivity contribution is 6.02. The van der Waals surface area contributed by atoms with Crippen LogP contribution in [0.3, 0.4) is 0 Å². The fourth-order valence-electron chi connectivity index (χ4n) is 2.43. The first-order valence-corrected chi connectivity index (χ1v) is 6.11. The highest BCUT2D eigenvalue weighted by Crippen LogP contribution is 2.29. The third-order valence-corrected chi connectivity index (χ3v) is 3.32. The summed E-state index contributed by atoms with van der Waals surface area (Å²) in [4.78, 5) is 4.28. The van der Waals surface area contributed by atoms with Crippen molar-refractivity contribution < 1.29 is 5.21 Å². The van der Waals surface area contributed by atoms with E-state index in [0.717, 1.165) is 31.4 Å². The Morgan fingerprint density at radius 3 is 2.88 bits per heavy atom. The quantitative estimate of drug-likeness (QED) is 0.625. The molecule has 1 heterocycles. The molecule has 1 aromatic heterocycles. The van der Waals surface area contributed by atoms with Crippen molar-refractivity contribution in [3.8, 4) is 0 Å². The van der Waals surface area contributed by atoms with Crippen LogP contribution in [0.4, 0.5) is 0 Å². The second kappa shape index (κ2) is 5.13. The lowest BCUT2D eigenvalue weighted by molar-refractivity contribution is 0.318. The monoisotopic (exact) mass is 230 g/mol. The molecule has 1 aliphatic carbocycles. The number of aromatic nitrogens is 1. The van der Waals surface area contributed by atoms with E-state index in [-0.39, 0.29) is 0 Å². The Morgan fingerprint density at radius 2 is 2.18 bits per heavy atom. The topological polar surface area (TPSA) is 45.5 Å². The molecule has 90 valence electrons. The molecule has 17 heavy (non-hydrogen) atoms. The Balaban J connectivity index is 2.47. The fourth-order valence-corrected chi connectivity index (χ4v) is 2.43. The molecular formula is C14H18N2O. The maximum Gasteiger partial charge on any atom is 0.0798 e. The lowest BCUT2D eigenvalue weighted by atomic mass is 9.89. The van der Waals surface area contributed by atoms with E-state index in [2.05, 4.69) is 24.0 Å². The second-order valence-corrected chi connectivity index (χ2v) is 4.45. The van der Waals surface area contributed by atoms with Gasteiger partial charge in [-0.3, -0.25) is 4.98 Å². The Hall–Kier alpha value is -1.64. The second-order valence-electron chi connectivity index (χ2n) is 4.45. The Kier molecular flexibility index (Phi) is 3.57. The SMILES string of the molecule is CCc1c(C)cncc1C1=C/C(=N/O)CCC1. The molecule has 0 saturated heterocycles. The maximum absolute atomic E-state index is 8.86. The van der Waals surface area contributed by atoms with Crippen LogP contribution in [0.1, 0.15) is 42.9 Å². The summed E-state index contributed by atoms with van der Waals surface area (Å²) in [6.07, 6.45) is 9.79. The normalized spacial score (nSPS) is 18.2. The van der Waals surface area contributed by atoms with Gasteiger partial charge in [-0.25, -0.2) is 0 Å². The van der Waals surface area contributed by atoms with Gasteiger partial charge in [-0.05, 0) is 60.9 Å². The van der Waals surface area contributed by atoms with Crippen molar-refractivity contribution in [1.82, 2.24) is 4.98 Å². The van der Waals surface area contributed by atoms with Crippen molar-refractivity contribution in [2.75, 3.05) is 0 Å². The summed E-state index contributed by atoms with van der Waals surface area (Å²) in [5.41, 5.74) is 5.82. The van der Waals surface area contributed by atoms with Crippen molar-refractivity contribution in [3.05, 3.63) is 35.2 Å². The number of nitrogens with zero attached hydrogens (tertiary/aromatic N) is 2. The Bertz CT molecular complexity index is 475. The van der Waals surface area contributed by atoms with Crippen molar-refractivity contribution in [2.24, 2.45) is 5.16 Å². The van der Waals surface area contributed by atoms with E-state index in [0.29, 0.717) is 0 Å². The molecule has 1 aliphatic rings. The van der Waals surface area contributed by atoms with Gasteiger partial charge in [-0.2, -0.15) is 0 Å². The molecule has 0 radical (unpaired) electrons. The largest absolute Gasteiger partial charge is 0.411 e. The minimum Gasteiger partial charge on any atom is -0.411 e. The van der Waals surface area contributed by atoms with Crippen molar-refractivity contribution in [3.63, 3.8) is 0 Å². The zero-order chi connectivity index (χ0) is 12.3. The van der Waals surface area contributed by atoms with Gasteiger partial charge in [0.2, 0.25) is 0 Å². The molecule has 3 heteroatoms. The molecule has 0 spiro atoms. The predicted molar refractivity (Wildman–Crippen MR) is 69.4 cm³/mol. The van der Waals surface area contributed by atoms with Crippen molar-refractivity contribution in [2.45, 2.75) is 39.5 Å². The summed E-state index contributed by atoms with van der Waals surface area (Å²) < 4.78 is 0. The van der Waals surface area contributed by atoms with E-state index in [1.54, 1.807) is 0 Å². The van der Waals surface area contributed by atoms with Crippen LogP contribution in [-0.4, -0.2) is 15.9 Å². The zero-order valence-electron chi connectivity index (χ0n) is 10.4. The van der Waals surface area contributed by atoms with E-state index in [4.69, 9.17) is 5.21 Å². The van der Waals surface area contributed by atoms with Crippen molar-refractivity contribution in [1.29, 1.82) is 0 Å². The third-order valence-electron chi connectivity index (χ3n) is 3.32.